The molecule has 0 spiro atoms. The predicted octanol–water partition coefficient (Wildman–Crippen LogP) is 3.83. The minimum Gasteiger partial charge on any atom is -0.496 e. The number of carbonyl (C=O) groups excluding carboxylic acids is 1. The Morgan fingerprint density at radius 2 is 2.04 bits per heavy atom. The van der Waals surface area contributed by atoms with Crippen molar-refractivity contribution in [3.05, 3.63) is 52.5 Å². The summed E-state index contributed by atoms with van der Waals surface area (Å²) in [4.78, 5) is 19.7. The minimum absolute atomic E-state index is 0.112. The first kappa shape index (κ1) is 16.8. The minimum atomic E-state index is 0.112. The third kappa shape index (κ3) is 3.22. The van der Waals surface area contributed by atoms with Gasteiger partial charge in [-0.05, 0) is 36.4 Å². The lowest BCUT2D eigenvalue weighted by Crippen LogP contribution is -2.37. The van der Waals surface area contributed by atoms with E-state index in [-0.39, 0.29) is 11.8 Å². The van der Waals surface area contributed by atoms with Gasteiger partial charge in [0.05, 0.1) is 17.6 Å². The number of para-hydroxylation sites is 1. The molecule has 7 heteroatoms. The van der Waals surface area contributed by atoms with Crippen molar-refractivity contribution >= 4 is 17.2 Å². The number of aromatic nitrogens is 2. The predicted molar refractivity (Wildman–Crippen MR) is 98.5 cm³/mol. The SMILES string of the molecule is COc1ccccc1-c1nc(C2CCN(C(=O)c3cccs3)CC2)no1. The van der Waals surface area contributed by atoms with E-state index in [4.69, 9.17) is 9.26 Å². The molecule has 0 atom stereocenters. The number of carbonyl (C=O) groups is 1. The fraction of sp³-hybridized carbons (Fsp3) is 0.316. The smallest absolute Gasteiger partial charge is 0.263 e. The number of hydrogen-bond donors (Lipinski definition) is 0. The molecule has 1 fully saturated rings. The van der Waals surface area contributed by atoms with Gasteiger partial charge in [-0.3, -0.25) is 4.79 Å². The first-order valence-corrected chi connectivity index (χ1v) is 9.44. The van der Waals surface area contributed by atoms with E-state index in [2.05, 4.69) is 10.1 Å². The second-order valence-corrected chi connectivity index (χ2v) is 7.15. The van der Waals surface area contributed by atoms with E-state index < -0.39 is 0 Å². The second kappa shape index (κ2) is 7.29. The highest BCUT2D eigenvalue weighted by Crippen LogP contribution is 2.32. The summed E-state index contributed by atoms with van der Waals surface area (Å²) in [6, 6.07) is 11.4. The fourth-order valence-electron chi connectivity index (χ4n) is 3.23. The van der Waals surface area contributed by atoms with Crippen molar-refractivity contribution in [1.29, 1.82) is 0 Å². The summed E-state index contributed by atoms with van der Waals surface area (Å²) in [6.45, 7) is 1.42. The highest BCUT2D eigenvalue weighted by molar-refractivity contribution is 7.12. The van der Waals surface area contributed by atoms with Gasteiger partial charge in [0.25, 0.3) is 11.8 Å². The number of rotatable bonds is 4. The van der Waals surface area contributed by atoms with Gasteiger partial charge >= 0.3 is 0 Å². The number of piperidine rings is 1. The highest BCUT2D eigenvalue weighted by atomic mass is 32.1. The third-order valence-corrected chi connectivity index (χ3v) is 5.52. The van der Waals surface area contributed by atoms with Gasteiger partial charge in [-0.2, -0.15) is 4.98 Å². The summed E-state index contributed by atoms with van der Waals surface area (Å²) < 4.78 is 10.8. The first-order valence-electron chi connectivity index (χ1n) is 8.56. The van der Waals surface area contributed by atoms with Crippen LogP contribution in [-0.4, -0.2) is 41.1 Å². The number of hydrogen-bond acceptors (Lipinski definition) is 6. The molecular weight excluding hydrogens is 350 g/mol. The lowest BCUT2D eigenvalue weighted by Gasteiger charge is -2.30. The Kier molecular flexibility index (Phi) is 4.71. The van der Waals surface area contributed by atoms with Crippen LogP contribution in [0.4, 0.5) is 0 Å². The monoisotopic (exact) mass is 369 g/mol. The Labute approximate surface area is 155 Å². The number of ether oxygens (including phenoxy) is 1. The van der Waals surface area contributed by atoms with E-state index in [1.54, 1.807) is 7.11 Å². The van der Waals surface area contributed by atoms with Gasteiger partial charge in [-0.15, -0.1) is 11.3 Å². The van der Waals surface area contributed by atoms with Gasteiger partial charge in [0.15, 0.2) is 5.82 Å². The molecule has 0 saturated carbocycles. The Bertz CT molecular complexity index is 883. The molecule has 6 nitrogen and oxygen atoms in total. The molecule has 0 N–H and O–H groups in total. The molecule has 1 aliphatic heterocycles. The maximum absolute atomic E-state index is 12.4. The summed E-state index contributed by atoms with van der Waals surface area (Å²) >= 11 is 1.48. The second-order valence-electron chi connectivity index (χ2n) is 6.20. The lowest BCUT2D eigenvalue weighted by atomic mass is 9.96. The molecule has 1 aliphatic rings. The van der Waals surface area contributed by atoms with E-state index in [1.807, 2.05) is 46.7 Å². The molecule has 0 aliphatic carbocycles. The van der Waals surface area contributed by atoms with Crippen LogP contribution in [0.3, 0.4) is 0 Å². The number of benzene rings is 1. The number of amides is 1. The molecule has 1 saturated heterocycles. The van der Waals surface area contributed by atoms with Crippen molar-refractivity contribution in [3.8, 4) is 17.2 Å². The fourth-order valence-corrected chi connectivity index (χ4v) is 3.92. The maximum atomic E-state index is 12.4. The molecule has 0 radical (unpaired) electrons. The Morgan fingerprint density at radius 1 is 1.23 bits per heavy atom. The van der Waals surface area contributed by atoms with Crippen LogP contribution in [0.15, 0.2) is 46.3 Å². The van der Waals surface area contributed by atoms with Crippen LogP contribution in [0.2, 0.25) is 0 Å². The average Bonchev–Trinajstić information content (AvgIpc) is 3.39. The standard InChI is InChI=1S/C19H19N3O3S/c1-24-15-6-3-2-5-14(15)18-20-17(21-25-18)13-8-10-22(11-9-13)19(23)16-7-4-12-26-16/h2-7,12-13H,8-11H2,1H3. The van der Waals surface area contributed by atoms with Gasteiger partial charge in [0, 0.05) is 19.0 Å². The average molecular weight is 369 g/mol. The summed E-state index contributed by atoms with van der Waals surface area (Å²) in [6.07, 6.45) is 1.67. The van der Waals surface area contributed by atoms with Crippen molar-refractivity contribution in [1.82, 2.24) is 15.0 Å². The van der Waals surface area contributed by atoms with Crippen LogP contribution in [0, 0.1) is 0 Å². The van der Waals surface area contributed by atoms with Gasteiger partial charge < -0.3 is 14.2 Å². The summed E-state index contributed by atoms with van der Waals surface area (Å²) in [5.41, 5.74) is 0.791. The number of nitrogens with zero attached hydrogens (tertiary/aromatic N) is 3. The van der Waals surface area contributed by atoms with E-state index in [0.29, 0.717) is 30.6 Å². The Hall–Kier alpha value is -2.67. The molecule has 0 unspecified atom stereocenters. The van der Waals surface area contributed by atoms with Crippen LogP contribution in [0.1, 0.15) is 34.3 Å². The number of thiophene rings is 1. The van der Waals surface area contributed by atoms with Gasteiger partial charge in [0.1, 0.15) is 5.75 Å². The molecule has 134 valence electrons. The summed E-state index contributed by atoms with van der Waals surface area (Å²) in [7, 11) is 1.62. The first-order chi connectivity index (χ1) is 12.8. The zero-order valence-electron chi connectivity index (χ0n) is 14.4. The van der Waals surface area contributed by atoms with Crippen molar-refractivity contribution < 1.29 is 14.1 Å². The molecule has 1 amide bonds. The molecule has 3 aromatic rings. The lowest BCUT2D eigenvalue weighted by molar-refractivity contribution is 0.0715. The normalized spacial score (nSPS) is 15.2. The molecule has 0 bridgehead atoms. The molecule has 2 aromatic heterocycles. The topological polar surface area (TPSA) is 68.5 Å². The zero-order chi connectivity index (χ0) is 17.9. The Morgan fingerprint density at radius 3 is 2.77 bits per heavy atom. The van der Waals surface area contributed by atoms with Crippen molar-refractivity contribution in [3.63, 3.8) is 0 Å². The van der Waals surface area contributed by atoms with Crippen molar-refractivity contribution in [2.24, 2.45) is 0 Å². The summed E-state index contributed by atoms with van der Waals surface area (Å²) in [5.74, 6) is 2.19. The van der Waals surface area contributed by atoms with Crippen LogP contribution < -0.4 is 4.74 Å². The molecule has 1 aromatic carbocycles. The van der Waals surface area contributed by atoms with Gasteiger partial charge in [-0.25, -0.2) is 0 Å². The number of likely N-dealkylation sites (tertiary alicyclic amines) is 1. The van der Waals surface area contributed by atoms with Crippen LogP contribution in [-0.2, 0) is 0 Å². The van der Waals surface area contributed by atoms with E-state index in [0.717, 1.165) is 23.3 Å². The molecule has 4 rings (SSSR count). The van der Waals surface area contributed by atoms with Crippen LogP contribution in [0.5, 0.6) is 5.75 Å². The molecular formula is C19H19N3O3S. The van der Waals surface area contributed by atoms with Gasteiger partial charge in [0.2, 0.25) is 0 Å². The highest BCUT2D eigenvalue weighted by Gasteiger charge is 2.28. The zero-order valence-corrected chi connectivity index (χ0v) is 15.2. The quantitative estimate of drug-likeness (QED) is 0.699. The Balaban J connectivity index is 1.44. The van der Waals surface area contributed by atoms with Crippen LogP contribution in [0.25, 0.3) is 11.5 Å². The molecule has 3 heterocycles. The maximum Gasteiger partial charge on any atom is 0.263 e. The van der Waals surface area contributed by atoms with Gasteiger partial charge in [-0.1, -0.05) is 23.4 Å². The van der Waals surface area contributed by atoms with E-state index in [9.17, 15) is 4.79 Å². The number of methoxy groups -OCH3 is 1. The van der Waals surface area contributed by atoms with Crippen molar-refractivity contribution in [2.45, 2.75) is 18.8 Å². The summed E-state index contributed by atoms with van der Waals surface area (Å²) in [5, 5.41) is 6.10. The third-order valence-electron chi connectivity index (χ3n) is 4.66. The molecule has 26 heavy (non-hydrogen) atoms. The van der Waals surface area contributed by atoms with E-state index >= 15 is 0 Å². The van der Waals surface area contributed by atoms with E-state index in [1.165, 1.54) is 11.3 Å². The largest absolute Gasteiger partial charge is 0.496 e. The van der Waals surface area contributed by atoms with Crippen molar-refractivity contribution in [2.75, 3.05) is 20.2 Å². The van der Waals surface area contributed by atoms with Crippen LogP contribution >= 0.6 is 11.3 Å².